The summed E-state index contributed by atoms with van der Waals surface area (Å²) in [6.45, 7) is 15.2. The summed E-state index contributed by atoms with van der Waals surface area (Å²) >= 11 is 1.71. The quantitative estimate of drug-likeness (QED) is 0.342. The van der Waals surface area contributed by atoms with E-state index in [2.05, 4.69) is 14.6 Å². The summed E-state index contributed by atoms with van der Waals surface area (Å²) < 4.78 is 31.9. The summed E-state index contributed by atoms with van der Waals surface area (Å²) in [6.07, 6.45) is 8.24. The molecule has 1 aliphatic rings. The average Bonchev–Trinajstić information content (AvgIpc) is 3.13. The van der Waals surface area contributed by atoms with Crippen LogP contribution in [-0.4, -0.2) is 43.0 Å². The van der Waals surface area contributed by atoms with Gasteiger partial charge in [0.2, 0.25) is 10.0 Å². The second-order valence-corrected chi connectivity index (χ2v) is 15.3. The molecular weight excluding hydrogens is 514 g/mol. The normalized spacial score (nSPS) is 15.6. The molecule has 1 aromatic carbocycles. The smallest absolute Gasteiger partial charge is 0.253 e. The number of carbonyl (C=O) groups is 1. The molecule has 1 heterocycles. The minimum atomic E-state index is -3.72. The fourth-order valence-electron chi connectivity index (χ4n) is 5.31. The van der Waals surface area contributed by atoms with Gasteiger partial charge in [-0.1, -0.05) is 46.1 Å². The van der Waals surface area contributed by atoms with Gasteiger partial charge in [0, 0.05) is 35.8 Å². The van der Waals surface area contributed by atoms with Crippen molar-refractivity contribution in [3.63, 3.8) is 0 Å². The van der Waals surface area contributed by atoms with E-state index in [1.165, 1.54) is 32.1 Å². The molecule has 0 spiro atoms. The van der Waals surface area contributed by atoms with E-state index in [0.717, 1.165) is 34.8 Å². The number of hydrogen-bond acceptors (Lipinski definition) is 4. The van der Waals surface area contributed by atoms with E-state index in [-0.39, 0.29) is 5.91 Å². The van der Waals surface area contributed by atoms with Gasteiger partial charge in [-0.2, -0.15) is 11.8 Å². The van der Waals surface area contributed by atoms with Crippen LogP contribution in [0, 0.1) is 12.8 Å². The second kappa shape index (κ2) is 12.2. The van der Waals surface area contributed by atoms with Crippen LogP contribution in [0.1, 0.15) is 95.3 Å². The van der Waals surface area contributed by atoms with E-state index in [0.29, 0.717) is 22.9 Å². The number of nitrogens with one attached hydrogen (secondary N) is 2. The van der Waals surface area contributed by atoms with Crippen molar-refractivity contribution >= 4 is 27.7 Å². The van der Waals surface area contributed by atoms with Crippen LogP contribution < -0.4 is 10.0 Å². The Morgan fingerprint density at radius 3 is 2.29 bits per heavy atom. The molecule has 38 heavy (non-hydrogen) atoms. The van der Waals surface area contributed by atoms with Crippen molar-refractivity contribution in [2.75, 3.05) is 18.6 Å². The van der Waals surface area contributed by atoms with Gasteiger partial charge in [0.15, 0.2) is 0 Å². The molecule has 0 aliphatic heterocycles. The number of sulfonamides is 1. The fraction of sp³-hybridized carbons (Fsp3) is 0.633. The van der Waals surface area contributed by atoms with Crippen LogP contribution in [0.15, 0.2) is 29.2 Å². The van der Waals surface area contributed by atoms with Gasteiger partial charge in [-0.25, -0.2) is 13.1 Å². The largest absolute Gasteiger partial charge is 0.351 e. The third-order valence-corrected chi connectivity index (χ3v) is 9.61. The highest BCUT2D eigenvalue weighted by Crippen LogP contribution is 2.36. The Morgan fingerprint density at radius 1 is 1.05 bits per heavy atom. The first-order valence-electron chi connectivity index (χ1n) is 13.8. The summed E-state index contributed by atoms with van der Waals surface area (Å²) in [5, 5.41) is 3.06. The summed E-state index contributed by atoms with van der Waals surface area (Å²) in [5.74, 6) is 1.40. The molecule has 212 valence electrons. The maximum absolute atomic E-state index is 13.4. The number of hydrogen-bond donors (Lipinski definition) is 2. The molecule has 0 bridgehead atoms. The van der Waals surface area contributed by atoms with Gasteiger partial charge in [-0.15, -0.1) is 0 Å². The predicted molar refractivity (Wildman–Crippen MR) is 161 cm³/mol. The number of amides is 1. The van der Waals surface area contributed by atoms with Crippen LogP contribution in [0.3, 0.4) is 0 Å². The molecule has 0 saturated heterocycles. The molecular formula is C30H47N3O3S2. The molecule has 1 aliphatic carbocycles. The maximum atomic E-state index is 13.4. The summed E-state index contributed by atoms with van der Waals surface area (Å²) in [6, 6.07) is 7.64. The zero-order chi connectivity index (χ0) is 28.3. The van der Waals surface area contributed by atoms with Gasteiger partial charge in [-0.3, -0.25) is 4.79 Å². The predicted octanol–water partition coefficient (Wildman–Crippen LogP) is 6.51. The van der Waals surface area contributed by atoms with Gasteiger partial charge < -0.3 is 9.88 Å². The van der Waals surface area contributed by atoms with E-state index in [1.807, 2.05) is 72.9 Å². The van der Waals surface area contributed by atoms with Crippen LogP contribution >= 0.6 is 11.8 Å². The molecule has 2 N–H and O–H groups in total. The van der Waals surface area contributed by atoms with E-state index in [1.54, 1.807) is 17.8 Å². The lowest BCUT2D eigenvalue weighted by Gasteiger charge is -2.27. The number of thioether (sulfide) groups is 1. The van der Waals surface area contributed by atoms with E-state index in [9.17, 15) is 13.2 Å². The minimum absolute atomic E-state index is 0.0511. The van der Waals surface area contributed by atoms with E-state index in [4.69, 9.17) is 0 Å². The third-order valence-electron chi connectivity index (χ3n) is 7.18. The number of benzene rings is 1. The zero-order valence-electron chi connectivity index (χ0n) is 24.5. The molecule has 3 rings (SSSR count). The lowest BCUT2D eigenvalue weighted by Crippen LogP contribution is -2.41. The standard InChI is InChI=1S/C30H47N3O3S2/c1-21-24(28(34)31-16-17-37-8)19-26(33(21)20-22-12-10-9-11-13-22)23-14-15-27(25(18-23)29(2,3)4)38(35,36)32-30(5,6)7/h14-15,18-19,22,32H,9-13,16-17,20H2,1-8H3,(H,31,34). The number of aromatic nitrogens is 1. The Balaban J connectivity index is 2.13. The molecule has 1 amide bonds. The summed E-state index contributed by atoms with van der Waals surface area (Å²) in [5.41, 5.74) is 3.35. The minimum Gasteiger partial charge on any atom is -0.351 e. The molecule has 6 nitrogen and oxygen atoms in total. The highest BCUT2D eigenvalue weighted by Gasteiger charge is 2.30. The topological polar surface area (TPSA) is 80.2 Å². The monoisotopic (exact) mass is 561 g/mol. The van der Waals surface area contributed by atoms with Crippen molar-refractivity contribution in [1.29, 1.82) is 0 Å². The molecule has 1 fully saturated rings. The van der Waals surface area contributed by atoms with Crippen molar-refractivity contribution in [2.45, 2.75) is 103 Å². The Hall–Kier alpha value is -1.77. The first-order chi connectivity index (χ1) is 17.6. The second-order valence-electron chi connectivity index (χ2n) is 12.7. The van der Waals surface area contributed by atoms with Crippen LogP contribution in [0.2, 0.25) is 0 Å². The van der Waals surface area contributed by atoms with Crippen LogP contribution in [0.4, 0.5) is 0 Å². The fourth-order valence-corrected chi connectivity index (χ4v) is 7.43. The van der Waals surface area contributed by atoms with Crippen LogP contribution in [0.5, 0.6) is 0 Å². The first kappa shape index (κ1) is 30.8. The highest BCUT2D eigenvalue weighted by molar-refractivity contribution is 7.98. The van der Waals surface area contributed by atoms with Gasteiger partial charge in [0.05, 0.1) is 10.5 Å². The van der Waals surface area contributed by atoms with Crippen molar-refractivity contribution in [3.8, 4) is 11.3 Å². The van der Waals surface area contributed by atoms with E-state index >= 15 is 0 Å². The van der Waals surface area contributed by atoms with Gasteiger partial charge in [-0.05, 0) is 87.5 Å². The summed E-state index contributed by atoms with van der Waals surface area (Å²) in [7, 11) is -3.72. The Bertz CT molecular complexity index is 1230. The van der Waals surface area contributed by atoms with Crippen molar-refractivity contribution in [3.05, 3.63) is 41.1 Å². The molecule has 0 radical (unpaired) electrons. The molecule has 1 saturated carbocycles. The third kappa shape index (κ3) is 7.66. The highest BCUT2D eigenvalue weighted by atomic mass is 32.2. The Kier molecular flexibility index (Phi) is 9.86. The number of carbonyl (C=O) groups excluding carboxylic acids is 1. The van der Waals surface area contributed by atoms with Crippen molar-refractivity contribution in [1.82, 2.24) is 14.6 Å². The van der Waals surface area contributed by atoms with Gasteiger partial charge >= 0.3 is 0 Å². The van der Waals surface area contributed by atoms with Crippen LogP contribution in [0.25, 0.3) is 11.3 Å². The van der Waals surface area contributed by atoms with E-state index < -0.39 is 21.0 Å². The number of nitrogens with zero attached hydrogens (tertiary/aromatic N) is 1. The average molecular weight is 562 g/mol. The number of rotatable bonds is 9. The molecule has 1 aromatic heterocycles. The lowest BCUT2D eigenvalue weighted by atomic mass is 9.85. The Morgan fingerprint density at radius 2 is 1.71 bits per heavy atom. The van der Waals surface area contributed by atoms with Gasteiger partial charge in [0.1, 0.15) is 0 Å². The summed E-state index contributed by atoms with van der Waals surface area (Å²) in [4.78, 5) is 13.5. The molecule has 2 aromatic rings. The van der Waals surface area contributed by atoms with Gasteiger partial charge in [0.25, 0.3) is 5.91 Å². The molecule has 8 heteroatoms. The lowest BCUT2D eigenvalue weighted by molar-refractivity contribution is 0.0955. The first-order valence-corrected chi connectivity index (χ1v) is 16.7. The molecule has 0 unspecified atom stereocenters. The van der Waals surface area contributed by atoms with Crippen molar-refractivity contribution < 1.29 is 13.2 Å². The van der Waals surface area contributed by atoms with Crippen molar-refractivity contribution in [2.24, 2.45) is 5.92 Å². The molecule has 0 atom stereocenters. The zero-order valence-corrected chi connectivity index (χ0v) is 26.2. The SMILES string of the molecule is CSCCNC(=O)c1cc(-c2ccc(S(=O)(=O)NC(C)(C)C)c(C(C)(C)C)c2)n(CC2CCCCC2)c1C. The Labute approximate surface area is 234 Å². The maximum Gasteiger partial charge on any atom is 0.253 e. The van der Waals surface area contributed by atoms with Crippen LogP contribution in [-0.2, 0) is 22.0 Å².